The van der Waals surface area contributed by atoms with E-state index < -0.39 is 30.0 Å². The minimum Gasteiger partial charge on any atom is -0.445 e. The van der Waals surface area contributed by atoms with Crippen LogP contribution in [0.25, 0.3) is 0 Å². The zero-order chi connectivity index (χ0) is 22.8. The number of alkyl carbamates (subject to hydrolysis) is 1. The van der Waals surface area contributed by atoms with Crippen molar-refractivity contribution in [2.24, 2.45) is 0 Å². The molecule has 0 fully saturated rings. The number of carbonyl (C=O) groups excluding carboxylic acids is 3. The maximum absolute atomic E-state index is 13.1. The Labute approximate surface area is 188 Å². The topological polar surface area (TPSA) is 130 Å². The number of rotatable bonds is 9. The number of benzene rings is 2. The molecule has 0 bridgehead atoms. The molecule has 9 nitrogen and oxygen atoms in total. The fourth-order valence-corrected chi connectivity index (χ4v) is 3.49. The zero-order valence-corrected chi connectivity index (χ0v) is 17.7. The van der Waals surface area contributed by atoms with Crippen molar-refractivity contribution in [1.82, 2.24) is 21.1 Å². The van der Waals surface area contributed by atoms with Crippen LogP contribution in [-0.4, -0.2) is 34.1 Å². The summed E-state index contributed by atoms with van der Waals surface area (Å²) in [5, 5.41) is 15.9. The molecule has 1 heterocycles. The van der Waals surface area contributed by atoms with Gasteiger partial charge in [-0.25, -0.2) is 15.3 Å². The third-order valence-corrected chi connectivity index (χ3v) is 5.15. The molecule has 0 radical (unpaired) electrons. The quantitative estimate of drug-likeness (QED) is 0.290. The van der Waals surface area contributed by atoms with Gasteiger partial charge in [0.15, 0.2) is 0 Å². The van der Waals surface area contributed by atoms with Crippen LogP contribution < -0.4 is 16.1 Å². The van der Waals surface area contributed by atoms with Crippen LogP contribution in [0.1, 0.15) is 22.9 Å². The third kappa shape index (κ3) is 6.62. The molecular weight excluding hydrogens is 432 g/mol. The van der Waals surface area contributed by atoms with E-state index in [0.29, 0.717) is 11.3 Å². The Bertz CT molecular complexity index is 1020. The Morgan fingerprint density at radius 1 is 0.969 bits per heavy atom. The molecule has 2 unspecified atom stereocenters. The molecule has 32 heavy (non-hydrogen) atoms. The van der Waals surface area contributed by atoms with Crippen molar-refractivity contribution in [1.29, 1.82) is 0 Å². The molecule has 166 valence electrons. The van der Waals surface area contributed by atoms with Gasteiger partial charge in [-0.1, -0.05) is 60.7 Å². The van der Waals surface area contributed by atoms with Crippen LogP contribution in [0.4, 0.5) is 4.79 Å². The molecule has 10 heteroatoms. The highest BCUT2D eigenvalue weighted by atomic mass is 32.1. The van der Waals surface area contributed by atoms with Crippen molar-refractivity contribution in [2.45, 2.75) is 25.1 Å². The minimum absolute atomic E-state index is 0.0369. The fourth-order valence-electron chi connectivity index (χ4n) is 2.92. The molecule has 3 rings (SSSR count). The highest BCUT2D eigenvalue weighted by Crippen LogP contribution is 2.15. The molecule has 2 atom stereocenters. The average Bonchev–Trinajstić information content (AvgIpc) is 3.34. The molecule has 2 aromatic carbocycles. The number of carbonyl (C=O) groups is 3. The predicted molar refractivity (Wildman–Crippen MR) is 117 cm³/mol. The summed E-state index contributed by atoms with van der Waals surface area (Å²) in [6.07, 6.45) is -0.720. The van der Waals surface area contributed by atoms with Crippen molar-refractivity contribution in [3.05, 3.63) is 88.4 Å². The monoisotopic (exact) mass is 454 g/mol. The van der Waals surface area contributed by atoms with Crippen LogP contribution in [0, 0.1) is 0 Å². The van der Waals surface area contributed by atoms with Gasteiger partial charge in [-0.05, 0) is 11.1 Å². The smallest absolute Gasteiger partial charge is 0.408 e. The molecule has 0 aliphatic rings. The van der Waals surface area contributed by atoms with Crippen LogP contribution >= 0.6 is 11.3 Å². The number of aromatic nitrogens is 1. The Hall–Kier alpha value is -3.76. The first kappa shape index (κ1) is 22.9. The van der Waals surface area contributed by atoms with Gasteiger partial charge in [-0.3, -0.25) is 14.8 Å². The summed E-state index contributed by atoms with van der Waals surface area (Å²) < 4.78 is 5.23. The van der Waals surface area contributed by atoms with Crippen molar-refractivity contribution < 1.29 is 24.3 Å². The van der Waals surface area contributed by atoms with Gasteiger partial charge in [-0.15, -0.1) is 11.3 Å². The lowest BCUT2D eigenvalue weighted by Gasteiger charge is -2.22. The van der Waals surface area contributed by atoms with E-state index in [2.05, 4.69) is 15.6 Å². The number of ether oxygens (including phenoxy) is 1. The van der Waals surface area contributed by atoms with Gasteiger partial charge in [0.05, 0.1) is 11.2 Å². The van der Waals surface area contributed by atoms with E-state index in [1.165, 1.54) is 11.3 Å². The van der Waals surface area contributed by atoms with Crippen molar-refractivity contribution in [3.8, 4) is 0 Å². The molecule has 0 saturated carbocycles. The second-order valence-electron chi connectivity index (χ2n) is 6.77. The second kappa shape index (κ2) is 11.6. The Morgan fingerprint density at radius 3 is 2.28 bits per heavy atom. The fraction of sp³-hybridized carbons (Fsp3) is 0.182. The van der Waals surface area contributed by atoms with Gasteiger partial charge >= 0.3 is 6.09 Å². The summed E-state index contributed by atoms with van der Waals surface area (Å²) in [6, 6.07) is 15.5. The second-order valence-corrected chi connectivity index (χ2v) is 7.49. The minimum atomic E-state index is -1.12. The first-order valence-corrected chi connectivity index (χ1v) is 10.6. The third-order valence-electron chi connectivity index (χ3n) is 4.51. The molecule has 3 aromatic rings. The lowest BCUT2D eigenvalue weighted by atomic mass is 10.0. The highest BCUT2D eigenvalue weighted by Gasteiger charge is 2.28. The number of hydrogen-bond donors (Lipinski definition) is 4. The number of hydroxylamine groups is 1. The van der Waals surface area contributed by atoms with Crippen molar-refractivity contribution in [3.63, 3.8) is 0 Å². The normalized spacial score (nSPS) is 12.3. The standard InChI is InChI=1S/C22H22N4O5S/c27-20(26-30)18(11-17-13-32-14-23-17)24-21(28)19(16-9-5-2-6-10-16)25-22(29)31-12-15-7-3-1-4-8-15/h1-10,13-14,18-19,30H,11-12H2,(H,24,28)(H,25,29)(H,26,27). The Kier molecular flexibility index (Phi) is 8.29. The first-order valence-electron chi connectivity index (χ1n) is 9.70. The van der Waals surface area contributed by atoms with Crippen LogP contribution in [-0.2, 0) is 27.4 Å². The number of amides is 3. The van der Waals surface area contributed by atoms with E-state index in [-0.39, 0.29) is 13.0 Å². The molecule has 0 aliphatic carbocycles. The van der Waals surface area contributed by atoms with Gasteiger partial charge in [0.1, 0.15) is 18.7 Å². The van der Waals surface area contributed by atoms with Gasteiger partial charge in [0, 0.05) is 11.8 Å². The van der Waals surface area contributed by atoms with Gasteiger partial charge in [0.2, 0.25) is 5.91 Å². The maximum atomic E-state index is 13.1. The van der Waals surface area contributed by atoms with Crippen molar-refractivity contribution in [2.75, 3.05) is 0 Å². The molecule has 0 spiro atoms. The van der Waals surface area contributed by atoms with E-state index in [1.54, 1.807) is 46.7 Å². The lowest BCUT2D eigenvalue weighted by Crippen LogP contribution is -2.51. The lowest BCUT2D eigenvalue weighted by molar-refractivity contribution is -0.135. The number of nitrogens with one attached hydrogen (secondary N) is 3. The summed E-state index contributed by atoms with van der Waals surface area (Å²) in [7, 11) is 0. The summed E-state index contributed by atoms with van der Waals surface area (Å²) in [4.78, 5) is 41.6. The molecule has 0 saturated heterocycles. The molecule has 1 aromatic heterocycles. The van der Waals surface area contributed by atoms with E-state index >= 15 is 0 Å². The van der Waals surface area contributed by atoms with Gasteiger partial charge in [-0.2, -0.15) is 0 Å². The van der Waals surface area contributed by atoms with E-state index in [0.717, 1.165) is 5.56 Å². The van der Waals surface area contributed by atoms with E-state index in [4.69, 9.17) is 9.94 Å². The van der Waals surface area contributed by atoms with E-state index in [1.807, 2.05) is 30.3 Å². The van der Waals surface area contributed by atoms with Crippen molar-refractivity contribution >= 4 is 29.2 Å². The molecule has 4 N–H and O–H groups in total. The summed E-state index contributed by atoms with van der Waals surface area (Å²) in [6.45, 7) is 0.0369. The van der Waals surface area contributed by atoms with Gasteiger partial charge in [0.25, 0.3) is 5.91 Å². The highest BCUT2D eigenvalue weighted by molar-refractivity contribution is 7.07. The maximum Gasteiger partial charge on any atom is 0.408 e. The van der Waals surface area contributed by atoms with Crippen LogP contribution in [0.3, 0.4) is 0 Å². The largest absolute Gasteiger partial charge is 0.445 e. The average molecular weight is 455 g/mol. The zero-order valence-electron chi connectivity index (χ0n) is 16.9. The number of hydrogen-bond acceptors (Lipinski definition) is 7. The van der Waals surface area contributed by atoms with Gasteiger partial charge < -0.3 is 15.4 Å². The number of thiazole rings is 1. The molecular formula is C22H22N4O5S. The SMILES string of the molecule is O=C(NC(C(=O)NC(Cc1cscn1)C(=O)NO)c1ccccc1)OCc1ccccc1. The molecule has 0 aliphatic heterocycles. The Balaban J connectivity index is 1.71. The molecule has 3 amide bonds. The van der Waals surface area contributed by atoms with Crippen LogP contribution in [0.2, 0.25) is 0 Å². The summed E-state index contributed by atoms with van der Waals surface area (Å²) >= 11 is 1.34. The van der Waals surface area contributed by atoms with E-state index in [9.17, 15) is 14.4 Å². The Morgan fingerprint density at radius 2 is 1.66 bits per heavy atom. The number of nitrogens with zero attached hydrogens (tertiary/aromatic N) is 1. The van der Waals surface area contributed by atoms with Crippen LogP contribution in [0.5, 0.6) is 0 Å². The first-order chi connectivity index (χ1) is 15.6. The predicted octanol–water partition coefficient (Wildman–Crippen LogP) is 2.34. The summed E-state index contributed by atoms with van der Waals surface area (Å²) in [5.41, 5.74) is 5.03. The summed E-state index contributed by atoms with van der Waals surface area (Å²) in [5.74, 6) is -1.44. The van der Waals surface area contributed by atoms with Crippen LogP contribution in [0.15, 0.2) is 71.6 Å².